The minimum absolute atomic E-state index is 0.0502. The number of benzene rings is 1. The van der Waals surface area contributed by atoms with Gasteiger partial charge in [0, 0.05) is 35.0 Å². The van der Waals surface area contributed by atoms with Gasteiger partial charge in [0.1, 0.15) is 44.8 Å². The summed E-state index contributed by atoms with van der Waals surface area (Å²) in [4.78, 5) is 34.2. The van der Waals surface area contributed by atoms with E-state index in [9.17, 15) is 24.9 Å². The Morgan fingerprint density at radius 1 is 1.21 bits per heavy atom. The number of carbonyl (C=O) groups is 2. The summed E-state index contributed by atoms with van der Waals surface area (Å²) in [6.45, 7) is 4.22. The minimum Gasteiger partial charge on any atom is -0.507 e. The molecule has 1 aliphatic heterocycles. The molecular formula is C24H18N2O6S. The molecule has 1 aromatic carbocycles. The van der Waals surface area contributed by atoms with Crippen LogP contribution in [0, 0.1) is 6.92 Å². The number of nitrogens with zero attached hydrogens (tertiary/aromatic N) is 2. The van der Waals surface area contributed by atoms with Crippen LogP contribution in [0.3, 0.4) is 0 Å². The average molecular weight is 462 g/mol. The summed E-state index contributed by atoms with van der Waals surface area (Å²) < 4.78 is 5.97. The van der Waals surface area contributed by atoms with Gasteiger partial charge in [-0.25, -0.2) is 4.98 Å². The third kappa shape index (κ3) is 2.75. The first-order chi connectivity index (χ1) is 15.7. The van der Waals surface area contributed by atoms with E-state index >= 15 is 0 Å². The number of pyridine rings is 1. The Balaban J connectivity index is 1.75. The van der Waals surface area contributed by atoms with Gasteiger partial charge in [0.2, 0.25) is 0 Å². The summed E-state index contributed by atoms with van der Waals surface area (Å²) in [6.07, 6.45) is 4.53. The third-order valence-electron chi connectivity index (χ3n) is 6.07. The van der Waals surface area contributed by atoms with Gasteiger partial charge in [0.05, 0.1) is 16.8 Å². The van der Waals surface area contributed by atoms with Gasteiger partial charge in [0.15, 0.2) is 11.6 Å². The number of phenolic OH excluding ortho intramolecular Hbond substituents is 2. The average Bonchev–Trinajstić information content (AvgIpc) is 3.37. The number of ketones is 2. The van der Waals surface area contributed by atoms with E-state index in [1.807, 2.05) is 6.07 Å². The van der Waals surface area contributed by atoms with Crippen molar-refractivity contribution >= 4 is 22.9 Å². The van der Waals surface area contributed by atoms with Crippen molar-refractivity contribution in [2.24, 2.45) is 0 Å². The molecule has 0 bridgehead atoms. The molecule has 1 atom stereocenters. The minimum atomic E-state index is -1.55. The molecule has 166 valence electrons. The van der Waals surface area contributed by atoms with Crippen LogP contribution in [-0.2, 0) is 15.0 Å². The van der Waals surface area contributed by atoms with Crippen LogP contribution in [0.15, 0.2) is 53.1 Å². The Hall–Kier alpha value is -3.98. The molecule has 3 N–H and O–H groups in total. The van der Waals surface area contributed by atoms with E-state index in [4.69, 9.17) is 4.74 Å². The number of aliphatic hydroxyl groups is 1. The predicted octanol–water partition coefficient (Wildman–Crippen LogP) is 4.11. The van der Waals surface area contributed by atoms with E-state index in [0.717, 1.165) is 5.56 Å². The van der Waals surface area contributed by atoms with Crippen LogP contribution in [0.2, 0.25) is 0 Å². The molecule has 3 aromatic rings. The van der Waals surface area contributed by atoms with Crippen molar-refractivity contribution in [2.45, 2.75) is 26.2 Å². The van der Waals surface area contributed by atoms with Crippen LogP contribution in [0.4, 0.5) is 0 Å². The lowest BCUT2D eigenvalue weighted by Crippen LogP contribution is -2.38. The maximum atomic E-state index is 13.4. The van der Waals surface area contributed by atoms with Crippen LogP contribution in [0.5, 0.6) is 17.2 Å². The molecule has 0 fully saturated rings. The molecule has 0 amide bonds. The first-order valence-electron chi connectivity index (χ1n) is 10.0. The zero-order chi connectivity index (χ0) is 23.7. The summed E-state index contributed by atoms with van der Waals surface area (Å²) in [5.74, 6) is -2.25. The Labute approximate surface area is 192 Å². The van der Waals surface area contributed by atoms with Gasteiger partial charge in [-0.15, -0.1) is 11.3 Å². The number of aromatic hydroxyl groups is 2. The molecule has 8 nitrogen and oxygen atoms in total. The molecule has 1 aliphatic carbocycles. The van der Waals surface area contributed by atoms with Crippen LogP contribution in [0.25, 0.3) is 21.8 Å². The van der Waals surface area contributed by atoms with Crippen LogP contribution in [0.1, 0.15) is 25.0 Å². The molecule has 2 aromatic heterocycles. The van der Waals surface area contributed by atoms with Gasteiger partial charge in [-0.1, -0.05) is 0 Å². The summed E-state index contributed by atoms with van der Waals surface area (Å²) in [5, 5.41) is 34.6. The van der Waals surface area contributed by atoms with Crippen LogP contribution < -0.4 is 4.74 Å². The fraction of sp³-hybridized carbons (Fsp3) is 0.167. The van der Waals surface area contributed by atoms with Crippen molar-refractivity contribution in [3.8, 4) is 39.1 Å². The van der Waals surface area contributed by atoms with Gasteiger partial charge in [-0.3, -0.25) is 14.6 Å². The SMILES string of the molecule is CC(=O)C1=C(O)C=C2Oc3c(-c4csc(-c5cccnc5)n4)c(O)c(C)c(O)c3[C@]2(C)C1=O. The Morgan fingerprint density at radius 3 is 2.64 bits per heavy atom. The zero-order valence-electron chi connectivity index (χ0n) is 17.8. The molecule has 0 spiro atoms. The van der Waals surface area contributed by atoms with E-state index < -0.39 is 22.7 Å². The van der Waals surface area contributed by atoms with E-state index in [1.165, 1.54) is 38.2 Å². The van der Waals surface area contributed by atoms with E-state index in [2.05, 4.69) is 9.97 Å². The summed E-state index contributed by atoms with van der Waals surface area (Å²) in [7, 11) is 0. The molecule has 0 radical (unpaired) electrons. The lowest BCUT2D eigenvalue weighted by molar-refractivity contribution is -0.123. The lowest BCUT2D eigenvalue weighted by Gasteiger charge is -2.28. The van der Waals surface area contributed by atoms with Crippen molar-refractivity contribution in [3.05, 3.63) is 64.2 Å². The first kappa shape index (κ1) is 20.9. The topological polar surface area (TPSA) is 130 Å². The number of carbonyl (C=O) groups excluding carboxylic acids is 2. The summed E-state index contributed by atoms with van der Waals surface area (Å²) in [6, 6.07) is 3.64. The van der Waals surface area contributed by atoms with Crippen molar-refractivity contribution < 1.29 is 29.6 Å². The maximum Gasteiger partial charge on any atom is 0.188 e. The smallest absolute Gasteiger partial charge is 0.188 e. The summed E-state index contributed by atoms with van der Waals surface area (Å²) >= 11 is 1.34. The number of aliphatic hydroxyl groups excluding tert-OH is 1. The fourth-order valence-electron chi connectivity index (χ4n) is 4.28. The normalized spacial score (nSPS) is 19.1. The Morgan fingerprint density at radius 2 is 1.97 bits per heavy atom. The number of allylic oxidation sites excluding steroid dienone is 3. The molecule has 3 heterocycles. The van der Waals surface area contributed by atoms with Gasteiger partial charge in [-0.05, 0) is 32.9 Å². The largest absolute Gasteiger partial charge is 0.507 e. The molecule has 5 rings (SSSR count). The number of thiazole rings is 1. The molecular weight excluding hydrogens is 444 g/mol. The van der Waals surface area contributed by atoms with Gasteiger partial charge < -0.3 is 20.1 Å². The molecule has 0 saturated heterocycles. The number of hydrogen-bond donors (Lipinski definition) is 3. The van der Waals surface area contributed by atoms with Gasteiger partial charge in [0.25, 0.3) is 0 Å². The third-order valence-corrected chi connectivity index (χ3v) is 6.96. The maximum absolute atomic E-state index is 13.4. The Kier molecular flexibility index (Phi) is 4.44. The Bertz CT molecular complexity index is 1440. The zero-order valence-corrected chi connectivity index (χ0v) is 18.6. The second kappa shape index (κ2) is 7.01. The quantitative estimate of drug-likeness (QED) is 0.496. The highest BCUT2D eigenvalue weighted by Gasteiger charge is 2.55. The number of phenols is 2. The number of ether oxygens (including phenoxy) is 1. The second-order valence-electron chi connectivity index (χ2n) is 8.06. The van der Waals surface area contributed by atoms with E-state index in [-0.39, 0.29) is 45.3 Å². The molecule has 2 aliphatic rings. The van der Waals surface area contributed by atoms with Crippen molar-refractivity contribution in [2.75, 3.05) is 0 Å². The van der Waals surface area contributed by atoms with Crippen LogP contribution in [-0.4, -0.2) is 36.9 Å². The van der Waals surface area contributed by atoms with Crippen LogP contribution >= 0.6 is 11.3 Å². The highest BCUT2D eigenvalue weighted by Crippen LogP contribution is 2.60. The first-order valence-corrected chi connectivity index (χ1v) is 10.9. The number of aromatic nitrogens is 2. The molecule has 0 unspecified atom stereocenters. The van der Waals surface area contributed by atoms with Gasteiger partial charge in [-0.2, -0.15) is 0 Å². The second-order valence-corrected chi connectivity index (χ2v) is 8.92. The van der Waals surface area contributed by atoms with Gasteiger partial charge >= 0.3 is 0 Å². The monoisotopic (exact) mass is 462 g/mol. The van der Waals surface area contributed by atoms with E-state index in [1.54, 1.807) is 23.8 Å². The number of hydrogen-bond acceptors (Lipinski definition) is 9. The highest BCUT2D eigenvalue weighted by atomic mass is 32.1. The van der Waals surface area contributed by atoms with E-state index in [0.29, 0.717) is 10.7 Å². The standard InChI is InChI=1S/C24H18N2O6S/c1-10-19(29)17(13-9-33-23(26-13)12-5-4-6-25-8-12)21-18(20(10)30)24(3)15(32-21)7-14(28)16(11(2)27)22(24)31/h4-9,28-30H,1-3H3/t24-/m1/s1. The van der Waals surface area contributed by atoms with Crippen molar-refractivity contribution in [1.82, 2.24) is 9.97 Å². The molecule has 0 saturated carbocycles. The summed E-state index contributed by atoms with van der Waals surface area (Å²) in [5.41, 5.74) is -0.276. The predicted molar refractivity (Wildman–Crippen MR) is 120 cm³/mol. The number of Topliss-reactive ketones (excluding diaryl/α,β-unsaturated/α-hetero) is 2. The molecule has 33 heavy (non-hydrogen) atoms. The number of fused-ring (bicyclic) bond motifs is 3. The number of rotatable bonds is 3. The highest BCUT2D eigenvalue weighted by molar-refractivity contribution is 7.13. The lowest BCUT2D eigenvalue weighted by atomic mass is 9.71. The molecule has 9 heteroatoms. The van der Waals surface area contributed by atoms with Crippen molar-refractivity contribution in [3.63, 3.8) is 0 Å². The fourth-order valence-corrected chi connectivity index (χ4v) is 5.08. The van der Waals surface area contributed by atoms with Crippen molar-refractivity contribution in [1.29, 1.82) is 0 Å².